The Hall–Kier alpha value is -2.78. The van der Waals surface area contributed by atoms with Crippen molar-refractivity contribution in [2.24, 2.45) is 0 Å². The number of carbonyl (C=O) groups excluding carboxylic acids is 1. The van der Waals surface area contributed by atoms with E-state index < -0.39 is 14.9 Å². The molecule has 3 rings (SSSR count). The topological polar surface area (TPSA) is 101 Å². The van der Waals surface area contributed by atoms with Crippen LogP contribution >= 0.6 is 0 Å². The number of sulfonamides is 1. The van der Waals surface area contributed by atoms with Gasteiger partial charge >= 0.3 is 0 Å². The summed E-state index contributed by atoms with van der Waals surface area (Å²) in [6.45, 7) is 6.20. The predicted molar refractivity (Wildman–Crippen MR) is 108 cm³/mol. The summed E-state index contributed by atoms with van der Waals surface area (Å²) in [6.07, 6.45) is 0. The van der Waals surface area contributed by atoms with E-state index in [0.29, 0.717) is 16.7 Å². The highest BCUT2D eigenvalue weighted by atomic mass is 32.2. The average molecular weight is 417 g/mol. The minimum absolute atomic E-state index is 0.0362. The van der Waals surface area contributed by atoms with Crippen LogP contribution in [0, 0.1) is 30.9 Å². The summed E-state index contributed by atoms with van der Waals surface area (Å²) >= 11 is 0. The lowest BCUT2D eigenvalue weighted by Gasteiger charge is -2.34. The number of nitro groups is 1. The number of hydrogen-bond acceptors (Lipinski definition) is 5. The van der Waals surface area contributed by atoms with Crippen LogP contribution in [-0.2, 0) is 10.0 Å². The molecule has 29 heavy (non-hydrogen) atoms. The van der Waals surface area contributed by atoms with Crippen molar-refractivity contribution in [2.75, 3.05) is 26.2 Å². The lowest BCUT2D eigenvalue weighted by Crippen LogP contribution is -2.50. The molecule has 1 aliphatic heterocycles. The van der Waals surface area contributed by atoms with E-state index in [4.69, 9.17) is 0 Å². The van der Waals surface area contributed by atoms with Gasteiger partial charge in [0.25, 0.3) is 11.6 Å². The second-order valence-electron chi connectivity index (χ2n) is 7.22. The van der Waals surface area contributed by atoms with Gasteiger partial charge in [0.15, 0.2) is 0 Å². The quantitative estimate of drug-likeness (QED) is 0.562. The Kier molecular flexibility index (Phi) is 5.72. The highest BCUT2D eigenvalue weighted by Crippen LogP contribution is 2.24. The number of aryl methyl sites for hydroxylation is 3. The summed E-state index contributed by atoms with van der Waals surface area (Å²) in [5.74, 6) is -0.258. The van der Waals surface area contributed by atoms with E-state index in [0.717, 1.165) is 5.56 Å². The van der Waals surface area contributed by atoms with Gasteiger partial charge in [0.1, 0.15) is 0 Å². The van der Waals surface area contributed by atoms with Gasteiger partial charge in [-0.25, -0.2) is 8.42 Å². The van der Waals surface area contributed by atoms with E-state index >= 15 is 0 Å². The summed E-state index contributed by atoms with van der Waals surface area (Å²) < 4.78 is 27.3. The molecule has 0 bridgehead atoms. The van der Waals surface area contributed by atoms with Crippen LogP contribution in [0.2, 0.25) is 0 Å². The number of hydrogen-bond donors (Lipinski definition) is 0. The molecular formula is C20H23N3O5S. The van der Waals surface area contributed by atoms with Crippen molar-refractivity contribution in [2.45, 2.75) is 25.7 Å². The number of amides is 1. The third-order valence-corrected chi connectivity index (χ3v) is 7.17. The first-order valence-electron chi connectivity index (χ1n) is 9.23. The van der Waals surface area contributed by atoms with Gasteiger partial charge in [0, 0.05) is 43.4 Å². The van der Waals surface area contributed by atoms with Gasteiger partial charge in [-0.1, -0.05) is 17.7 Å². The van der Waals surface area contributed by atoms with E-state index in [1.807, 2.05) is 13.0 Å². The third-order valence-electron chi connectivity index (χ3n) is 5.11. The minimum Gasteiger partial charge on any atom is -0.336 e. The molecule has 1 amide bonds. The molecule has 0 atom stereocenters. The SMILES string of the molecule is Cc1ccc(S(=O)(=O)N2CCN(C(=O)c3ccc([N+](=O)[O-])c(C)c3)CC2)c(C)c1. The molecule has 154 valence electrons. The zero-order valence-electron chi connectivity index (χ0n) is 16.6. The number of piperazine rings is 1. The predicted octanol–water partition coefficient (Wildman–Crippen LogP) is 2.67. The highest BCUT2D eigenvalue weighted by molar-refractivity contribution is 7.89. The second-order valence-corrected chi connectivity index (χ2v) is 9.13. The molecule has 1 fully saturated rings. The molecule has 0 unspecified atom stereocenters. The van der Waals surface area contributed by atoms with Gasteiger partial charge in [0.2, 0.25) is 10.0 Å². The number of nitro benzene ring substituents is 1. The van der Waals surface area contributed by atoms with Gasteiger partial charge in [-0.05, 0) is 44.5 Å². The molecule has 1 heterocycles. The fraction of sp³-hybridized carbons (Fsp3) is 0.350. The zero-order chi connectivity index (χ0) is 21.3. The van der Waals surface area contributed by atoms with E-state index in [1.54, 1.807) is 30.9 Å². The molecule has 1 saturated heterocycles. The summed E-state index contributed by atoms with van der Waals surface area (Å²) in [6, 6.07) is 9.49. The van der Waals surface area contributed by atoms with E-state index in [9.17, 15) is 23.3 Å². The van der Waals surface area contributed by atoms with Crippen LogP contribution in [0.1, 0.15) is 27.0 Å². The van der Waals surface area contributed by atoms with Crippen LogP contribution < -0.4 is 0 Å². The van der Waals surface area contributed by atoms with Crippen molar-refractivity contribution < 1.29 is 18.1 Å². The van der Waals surface area contributed by atoms with Crippen molar-refractivity contribution in [3.63, 3.8) is 0 Å². The van der Waals surface area contributed by atoms with Gasteiger partial charge in [-0.15, -0.1) is 0 Å². The fourth-order valence-electron chi connectivity index (χ4n) is 3.54. The summed E-state index contributed by atoms with van der Waals surface area (Å²) in [4.78, 5) is 25.1. The summed E-state index contributed by atoms with van der Waals surface area (Å²) in [5.41, 5.74) is 2.43. The number of rotatable bonds is 4. The maximum Gasteiger partial charge on any atom is 0.272 e. The van der Waals surface area contributed by atoms with Crippen LogP contribution in [0.3, 0.4) is 0 Å². The van der Waals surface area contributed by atoms with Crippen LogP contribution in [0.5, 0.6) is 0 Å². The molecule has 0 saturated carbocycles. The number of nitrogens with zero attached hydrogens (tertiary/aromatic N) is 3. The first kappa shape index (κ1) is 20.9. The standard InChI is InChI=1S/C20H23N3O5S/c1-14-4-7-19(16(3)12-14)29(27,28)22-10-8-21(9-11-22)20(24)17-5-6-18(23(25)26)15(2)13-17/h4-7,12-13H,8-11H2,1-3H3. The van der Waals surface area contributed by atoms with Crippen molar-refractivity contribution in [1.82, 2.24) is 9.21 Å². The molecule has 0 radical (unpaired) electrons. The largest absolute Gasteiger partial charge is 0.336 e. The molecule has 2 aromatic carbocycles. The molecule has 0 aromatic heterocycles. The molecular weight excluding hydrogens is 394 g/mol. The van der Waals surface area contributed by atoms with Crippen molar-refractivity contribution in [3.05, 3.63) is 68.8 Å². The summed E-state index contributed by atoms with van der Waals surface area (Å²) in [7, 11) is -3.62. The Morgan fingerprint density at radius 3 is 2.17 bits per heavy atom. The average Bonchev–Trinajstić information content (AvgIpc) is 2.66. The molecule has 0 N–H and O–H groups in total. The molecule has 0 aliphatic carbocycles. The van der Waals surface area contributed by atoms with E-state index in [-0.39, 0.29) is 42.7 Å². The second kappa shape index (κ2) is 7.92. The fourth-order valence-corrected chi connectivity index (χ4v) is 5.16. The monoisotopic (exact) mass is 417 g/mol. The smallest absolute Gasteiger partial charge is 0.272 e. The lowest BCUT2D eigenvalue weighted by atomic mass is 10.1. The first-order chi connectivity index (χ1) is 13.6. The van der Waals surface area contributed by atoms with Gasteiger partial charge in [0.05, 0.1) is 9.82 Å². The maximum atomic E-state index is 13.0. The van der Waals surface area contributed by atoms with Crippen LogP contribution in [0.15, 0.2) is 41.3 Å². The highest BCUT2D eigenvalue weighted by Gasteiger charge is 2.31. The Bertz CT molecular complexity index is 1070. The number of carbonyl (C=O) groups is 1. The molecule has 8 nitrogen and oxygen atoms in total. The summed E-state index contributed by atoms with van der Waals surface area (Å²) in [5, 5.41) is 10.9. The van der Waals surface area contributed by atoms with E-state index in [1.165, 1.54) is 22.5 Å². The Labute approximate surface area is 169 Å². The lowest BCUT2D eigenvalue weighted by molar-refractivity contribution is -0.385. The zero-order valence-corrected chi connectivity index (χ0v) is 17.4. The maximum absolute atomic E-state index is 13.0. The van der Waals surface area contributed by atoms with Crippen molar-refractivity contribution >= 4 is 21.6 Å². The Balaban J connectivity index is 1.72. The normalized spacial score (nSPS) is 15.3. The Morgan fingerprint density at radius 2 is 1.62 bits per heavy atom. The van der Waals surface area contributed by atoms with Gasteiger partial charge in [-0.3, -0.25) is 14.9 Å². The third kappa shape index (κ3) is 4.15. The molecule has 1 aliphatic rings. The van der Waals surface area contributed by atoms with Gasteiger partial charge < -0.3 is 4.90 Å². The first-order valence-corrected chi connectivity index (χ1v) is 10.7. The van der Waals surface area contributed by atoms with Crippen LogP contribution in [-0.4, -0.2) is 54.6 Å². The Morgan fingerprint density at radius 1 is 0.966 bits per heavy atom. The molecule has 2 aromatic rings. The number of benzene rings is 2. The van der Waals surface area contributed by atoms with Crippen LogP contribution in [0.25, 0.3) is 0 Å². The minimum atomic E-state index is -3.62. The van der Waals surface area contributed by atoms with Crippen molar-refractivity contribution in [3.8, 4) is 0 Å². The molecule has 0 spiro atoms. The van der Waals surface area contributed by atoms with Crippen LogP contribution in [0.4, 0.5) is 5.69 Å². The van der Waals surface area contributed by atoms with E-state index in [2.05, 4.69) is 0 Å². The molecule has 9 heteroatoms. The van der Waals surface area contributed by atoms with Gasteiger partial charge in [-0.2, -0.15) is 4.31 Å². The van der Waals surface area contributed by atoms with Crippen molar-refractivity contribution in [1.29, 1.82) is 0 Å².